The van der Waals surface area contributed by atoms with E-state index in [1.54, 1.807) is 6.92 Å². The van der Waals surface area contributed by atoms with Crippen LogP contribution in [0.15, 0.2) is 59.5 Å². The Balaban J connectivity index is 1.84. The number of carbonyl (C=O) groups is 2. The zero-order valence-corrected chi connectivity index (χ0v) is 12.7. The molecule has 0 aliphatic carbocycles. The van der Waals surface area contributed by atoms with Gasteiger partial charge in [0.15, 0.2) is 0 Å². The molecule has 22 heavy (non-hydrogen) atoms. The van der Waals surface area contributed by atoms with Crippen molar-refractivity contribution in [2.45, 2.75) is 17.1 Å². The topological polar surface area (TPSA) is 58.2 Å². The van der Waals surface area contributed by atoms with E-state index in [9.17, 15) is 14.0 Å². The van der Waals surface area contributed by atoms with Gasteiger partial charge in [-0.25, -0.2) is 4.39 Å². The molecular weight excluding hydrogens is 303 g/mol. The van der Waals surface area contributed by atoms with Crippen molar-refractivity contribution in [1.82, 2.24) is 10.9 Å². The van der Waals surface area contributed by atoms with Gasteiger partial charge in [0.1, 0.15) is 5.82 Å². The molecule has 2 N–H and O–H groups in total. The van der Waals surface area contributed by atoms with Crippen LogP contribution >= 0.6 is 11.8 Å². The molecule has 0 aliphatic heterocycles. The molecule has 0 aromatic heterocycles. The SMILES string of the molecule is CC(Sc1ccccc1)C(=O)NNC(=O)c1ccc(F)cc1. The molecular formula is C16H15FN2O2S. The molecule has 0 radical (unpaired) electrons. The first-order chi connectivity index (χ1) is 10.6. The fourth-order valence-corrected chi connectivity index (χ4v) is 2.54. The number of hydrogen-bond donors (Lipinski definition) is 2. The largest absolute Gasteiger partial charge is 0.272 e. The molecule has 0 aliphatic rings. The number of amides is 2. The van der Waals surface area contributed by atoms with Crippen molar-refractivity contribution >= 4 is 23.6 Å². The average Bonchev–Trinajstić information content (AvgIpc) is 2.53. The highest BCUT2D eigenvalue weighted by atomic mass is 32.2. The third-order valence-corrected chi connectivity index (χ3v) is 3.94. The smallest absolute Gasteiger partial charge is 0.269 e. The maximum absolute atomic E-state index is 12.8. The lowest BCUT2D eigenvalue weighted by Gasteiger charge is -2.12. The monoisotopic (exact) mass is 318 g/mol. The minimum Gasteiger partial charge on any atom is -0.272 e. The van der Waals surface area contributed by atoms with Crippen LogP contribution in [0.2, 0.25) is 0 Å². The van der Waals surface area contributed by atoms with Gasteiger partial charge in [-0.3, -0.25) is 20.4 Å². The summed E-state index contributed by atoms with van der Waals surface area (Å²) in [6.07, 6.45) is 0. The number of halogens is 1. The van der Waals surface area contributed by atoms with Crippen molar-refractivity contribution in [1.29, 1.82) is 0 Å². The number of carbonyl (C=O) groups excluding carboxylic acids is 2. The van der Waals surface area contributed by atoms with Crippen molar-refractivity contribution in [3.05, 3.63) is 66.0 Å². The quantitative estimate of drug-likeness (QED) is 0.673. The van der Waals surface area contributed by atoms with Crippen molar-refractivity contribution in [3.63, 3.8) is 0 Å². The average molecular weight is 318 g/mol. The van der Waals surface area contributed by atoms with Crippen molar-refractivity contribution < 1.29 is 14.0 Å². The number of nitrogens with one attached hydrogen (secondary N) is 2. The van der Waals surface area contributed by atoms with E-state index in [1.807, 2.05) is 30.3 Å². The molecule has 0 saturated heterocycles. The summed E-state index contributed by atoms with van der Waals surface area (Å²) in [7, 11) is 0. The van der Waals surface area contributed by atoms with E-state index in [0.29, 0.717) is 0 Å². The first kappa shape index (κ1) is 16.0. The molecule has 0 fully saturated rings. The molecule has 2 rings (SSSR count). The van der Waals surface area contributed by atoms with Crippen LogP contribution < -0.4 is 10.9 Å². The molecule has 4 nitrogen and oxygen atoms in total. The van der Waals surface area contributed by atoms with Crippen LogP contribution in [0.4, 0.5) is 4.39 Å². The van der Waals surface area contributed by atoms with Crippen LogP contribution in [0.1, 0.15) is 17.3 Å². The van der Waals surface area contributed by atoms with Crippen LogP contribution in [0.3, 0.4) is 0 Å². The molecule has 0 bridgehead atoms. The Kier molecular flexibility index (Phi) is 5.55. The molecule has 0 spiro atoms. The van der Waals surface area contributed by atoms with E-state index in [0.717, 1.165) is 4.90 Å². The molecule has 6 heteroatoms. The van der Waals surface area contributed by atoms with Crippen molar-refractivity contribution in [2.75, 3.05) is 0 Å². The van der Waals surface area contributed by atoms with Gasteiger partial charge in [0.25, 0.3) is 11.8 Å². The summed E-state index contributed by atoms with van der Waals surface area (Å²) in [6.45, 7) is 1.75. The third kappa shape index (κ3) is 4.60. The molecule has 114 valence electrons. The Morgan fingerprint density at radius 2 is 1.64 bits per heavy atom. The van der Waals surface area contributed by atoms with Gasteiger partial charge >= 0.3 is 0 Å². The van der Waals surface area contributed by atoms with Crippen molar-refractivity contribution in [3.8, 4) is 0 Å². The van der Waals surface area contributed by atoms with E-state index in [4.69, 9.17) is 0 Å². The Morgan fingerprint density at radius 3 is 2.27 bits per heavy atom. The van der Waals surface area contributed by atoms with E-state index in [-0.39, 0.29) is 16.7 Å². The highest BCUT2D eigenvalue weighted by Gasteiger charge is 2.15. The highest BCUT2D eigenvalue weighted by molar-refractivity contribution is 8.00. The fourth-order valence-electron chi connectivity index (χ4n) is 1.65. The lowest BCUT2D eigenvalue weighted by Crippen LogP contribution is -2.44. The highest BCUT2D eigenvalue weighted by Crippen LogP contribution is 2.22. The second kappa shape index (κ2) is 7.61. The number of hydrazine groups is 1. The summed E-state index contributed by atoms with van der Waals surface area (Å²) in [6, 6.07) is 14.6. The predicted molar refractivity (Wildman–Crippen MR) is 83.8 cm³/mol. The van der Waals surface area contributed by atoms with Gasteiger partial charge in [-0.05, 0) is 43.3 Å². The van der Waals surface area contributed by atoms with Gasteiger partial charge in [0.2, 0.25) is 0 Å². The molecule has 2 amide bonds. The molecule has 0 saturated carbocycles. The van der Waals surface area contributed by atoms with E-state index in [2.05, 4.69) is 10.9 Å². The van der Waals surface area contributed by atoms with Gasteiger partial charge in [-0.1, -0.05) is 18.2 Å². The zero-order valence-electron chi connectivity index (χ0n) is 11.9. The van der Waals surface area contributed by atoms with Crippen molar-refractivity contribution in [2.24, 2.45) is 0 Å². The summed E-state index contributed by atoms with van der Waals surface area (Å²) in [4.78, 5) is 24.7. The first-order valence-corrected chi connectivity index (χ1v) is 7.51. The first-order valence-electron chi connectivity index (χ1n) is 6.64. The standard InChI is InChI=1S/C16H15FN2O2S/c1-11(22-14-5-3-2-4-6-14)15(20)18-19-16(21)12-7-9-13(17)10-8-12/h2-11H,1H3,(H,18,20)(H,19,21). The Hall–Kier alpha value is -2.34. The molecule has 2 aromatic rings. The maximum Gasteiger partial charge on any atom is 0.269 e. The van der Waals surface area contributed by atoms with Crippen LogP contribution in [0.5, 0.6) is 0 Å². The van der Waals surface area contributed by atoms with Gasteiger partial charge in [-0.15, -0.1) is 11.8 Å². The lowest BCUT2D eigenvalue weighted by atomic mass is 10.2. The van der Waals surface area contributed by atoms with Gasteiger partial charge in [0.05, 0.1) is 5.25 Å². The van der Waals surface area contributed by atoms with Gasteiger partial charge < -0.3 is 0 Å². The van der Waals surface area contributed by atoms with Gasteiger partial charge in [0, 0.05) is 10.5 Å². The summed E-state index contributed by atoms with van der Waals surface area (Å²) < 4.78 is 12.8. The Bertz CT molecular complexity index is 647. The molecule has 1 unspecified atom stereocenters. The van der Waals surface area contributed by atoms with Crippen LogP contribution in [0, 0.1) is 5.82 Å². The summed E-state index contributed by atoms with van der Waals surface area (Å²) in [5.41, 5.74) is 4.94. The van der Waals surface area contributed by atoms with Gasteiger partial charge in [-0.2, -0.15) is 0 Å². The third-order valence-electron chi connectivity index (χ3n) is 2.83. The maximum atomic E-state index is 12.8. The lowest BCUT2D eigenvalue weighted by molar-refractivity contribution is -0.121. The minimum absolute atomic E-state index is 0.269. The normalized spacial score (nSPS) is 11.5. The summed E-state index contributed by atoms with van der Waals surface area (Å²) >= 11 is 1.39. The van der Waals surface area contributed by atoms with E-state index in [1.165, 1.54) is 36.0 Å². The van der Waals surface area contributed by atoms with Crippen LogP contribution in [-0.4, -0.2) is 17.1 Å². The fraction of sp³-hybridized carbons (Fsp3) is 0.125. The Labute approximate surface area is 132 Å². The number of thioether (sulfide) groups is 1. The minimum atomic E-state index is -0.495. The van der Waals surface area contributed by atoms with E-state index >= 15 is 0 Å². The number of benzene rings is 2. The number of rotatable bonds is 4. The summed E-state index contributed by atoms with van der Waals surface area (Å²) in [5, 5.41) is -0.365. The molecule has 2 aromatic carbocycles. The van der Waals surface area contributed by atoms with Crippen LogP contribution in [-0.2, 0) is 4.79 Å². The number of hydrogen-bond acceptors (Lipinski definition) is 3. The second-order valence-corrected chi connectivity index (χ2v) is 5.94. The van der Waals surface area contributed by atoms with E-state index < -0.39 is 11.7 Å². The molecule has 1 atom stereocenters. The zero-order chi connectivity index (χ0) is 15.9. The van der Waals surface area contributed by atoms with Crippen LogP contribution in [0.25, 0.3) is 0 Å². The Morgan fingerprint density at radius 1 is 1.00 bits per heavy atom. The summed E-state index contributed by atoms with van der Waals surface area (Å²) in [5.74, 6) is -1.23. The predicted octanol–water partition coefficient (Wildman–Crippen LogP) is 2.77. The second-order valence-electron chi connectivity index (χ2n) is 4.52. The molecule has 0 heterocycles.